The van der Waals surface area contributed by atoms with Gasteiger partial charge in [0, 0.05) is 25.2 Å². The number of ether oxygens (including phenoxy) is 2. The summed E-state index contributed by atoms with van der Waals surface area (Å²) in [6, 6.07) is 6.06. The minimum atomic E-state index is -1.11. The van der Waals surface area contributed by atoms with E-state index in [0.717, 1.165) is 16.3 Å². The molecular weight excluding hydrogens is 538 g/mol. The van der Waals surface area contributed by atoms with Crippen LogP contribution in [0.1, 0.15) is 64.8 Å². The van der Waals surface area contributed by atoms with Crippen LogP contribution in [0.3, 0.4) is 0 Å². The summed E-state index contributed by atoms with van der Waals surface area (Å²) in [4.78, 5) is 57.3. The molecule has 1 saturated heterocycles. The van der Waals surface area contributed by atoms with Gasteiger partial charge in [0.25, 0.3) is 11.8 Å². The van der Waals surface area contributed by atoms with Crippen LogP contribution in [0.25, 0.3) is 16.8 Å². The third-order valence-corrected chi connectivity index (χ3v) is 7.82. The van der Waals surface area contributed by atoms with Gasteiger partial charge in [-0.25, -0.2) is 5.43 Å². The molecule has 1 fully saturated rings. The molecule has 2 aliphatic heterocycles. The van der Waals surface area contributed by atoms with Crippen LogP contribution in [-0.2, 0) is 28.7 Å². The first-order valence-electron chi connectivity index (χ1n) is 14.5. The van der Waals surface area contributed by atoms with Crippen molar-refractivity contribution >= 4 is 40.5 Å². The molecule has 0 radical (unpaired) electrons. The van der Waals surface area contributed by atoms with Crippen molar-refractivity contribution in [2.45, 2.75) is 77.8 Å². The molecule has 3 heterocycles. The first kappa shape index (κ1) is 31.1. The average molecular weight is 580 g/mol. The van der Waals surface area contributed by atoms with E-state index in [9.17, 15) is 19.2 Å². The largest absolute Gasteiger partial charge is 0.452 e. The van der Waals surface area contributed by atoms with Gasteiger partial charge in [-0.15, -0.1) is 0 Å². The predicted octanol–water partition coefficient (Wildman–Crippen LogP) is 2.66. The first-order chi connectivity index (χ1) is 20.0. The number of hydrogen-bond donors (Lipinski definition) is 3. The summed E-state index contributed by atoms with van der Waals surface area (Å²) in [6.45, 7) is 9.08. The third-order valence-electron chi connectivity index (χ3n) is 7.82. The number of carbonyl (C=O) groups excluding carboxylic acids is 4. The summed E-state index contributed by atoms with van der Waals surface area (Å²) in [5, 5.41) is 9.02. The van der Waals surface area contributed by atoms with E-state index in [2.05, 4.69) is 21.0 Å². The Labute approximate surface area is 246 Å². The lowest BCUT2D eigenvalue weighted by Gasteiger charge is -2.35. The molecule has 226 valence electrons. The molecule has 1 aromatic carbocycles. The fourth-order valence-electron chi connectivity index (χ4n) is 5.16. The predicted molar refractivity (Wildman–Crippen MR) is 157 cm³/mol. The summed E-state index contributed by atoms with van der Waals surface area (Å²) in [5.74, 6) is -2.84. The quantitative estimate of drug-likeness (QED) is 0.462. The Morgan fingerprint density at radius 3 is 2.45 bits per heavy atom. The molecule has 2 aliphatic rings. The van der Waals surface area contributed by atoms with E-state index in [1.807, 2.05) is 31.2 Å². The van der Waals surface area contributed by atoms with Gasteiger partial charge in [-0.05, 0) is 68.7 Å². The van der Waals surface area contributed by atoms with Crippen molar-refractivity contribution in [2.75, 3.05) is 13.7 Å². The number of hydrogen-bond acceptors (Lipinski definition) is 8. The maximum atomic E-state index is 13.2. The highest BCUT2D eigenvalue weighted by Gasteiger charge is 2.35. The number of rotatable bonds is 2. The van der Waals surface area contributed by atoms with Crippen molar-refractivity contribution in [3.05, 3.63) is 47.8 Å². The number of cyclic esters (lactones) is 1. The van der Waals surface area contributed by atoms with Crippen LogP contribution < -0.4 is 16.1 Å². The van der Waals surface area contributed by atoms with Crippen LogP contribution in [0.5, 0.6) is 0 Å². The van der Waals surface area contributed by atoms with Crippen molar-refractivity contribution < 1.29 is 28.7 Å². The van der Waals surface area contributed by atoms with Crippen molar-refractivity contribution in [2.24, 2.45) is 11.8 Å². The van der Waals surface area contributed by atoms with Crippen LogP contribution >= 0.6 is 0 Å². The third kappa shape index (κ3) is 7.14. The number of fused-ring (bicyclic) bond motifs is 4. The monoisotopic (exact) mass is 579 g/mol. The number of carbonyl (C=O) groups is 4. The van der Waals surface area contributed by atoms with Crippen LogP contribution in [0, 0.1) is 11.8 Å². The lowest BCUT2D eigenvalue weighted by atomic mass is 10.0. The van der Waals surface area contributed by atoms with Crippen LogP contribution in [-0.4, -0.2) is 71.6 Å². The second kappa shape index (κ2) is 13.4. The standard InChI is InChI=1S/C31H41N5O6/c1-17(2)27-29(38)34-20(5)30(39)36-13-7-8-25(35-36)28(37)33-19(4)21-9-10-22-16-32-24(15-23(22)14-21)11-12-26(41-6)18(3)31(40)42-27/h9-12,14-20,25-27,35H,7-8,13H2,1-6H3,(H,33,37)(H,34,38). The Balaban J connectivity index is 1.68. The lowest BCUT2D eigenvalue weighted by molar-refractivity contribution is -0.165. The number of amides is 3. The van der Waals surface area contributed by atoms with Gasteiger partial charge in [-0.1, -0.05) is 32.1 Å². The molecule has 2 aromatic rings. The molecule has 0 aliphatic carbocycles. The average Bonchev–Trinajstić information content (AvgIpc) is 2.98. The van der Waals surface area contributed by atoms with Crippen molar-refractivity contribution in [3.8, 4) is 0 Å². The van der Waals surface area contributed by atoms with Crippen molar-refractivity contribution in [3.63, 3.8) is 0 Å². The SMILES string of the molecule is COC1C=Cc2cc3cc(ccc3cn2)C(C)NC(=O)C2CCCN(N2)C(=O)C(C)NC(=O)C(C(C)C)OC(=O)C1C. The van der Waals surface area contributed by atoms with Gasteiger partial charge in [0.1, 0.15) is 12.1 Å². The normalized spacial score (nSPS) is 28.3. The summed E-state index contributed by atoms with van der Waals surface area (Å²) < 4.78 is 11.2. The number of methoxy groups -OCH3 is 1. The number of esters is 1. The molecule has 6 atom stereocenters. The number of nitrogens with one attached hydrogen (secondary N) is 3. The molecule has 11 heteroatoms. The number of nitrogens with zero attached hydrogens (tertiary/aromatic N) is 2. The molecule has 6 unspecified atom stereocenters. The van der Waals surface area contributed by atoms with E-state index in [4.69, 9.17) is 9.47 Å². The molecule has 1 aromatic heterocycles. The van der Waals surface area contributed by atoms with E-state index in [-0.39, 0.29) is 23.8 Å². The Hall–Kier alpha value is -3.83. The Morgan fingerprint density at radius 2 is 1.74 bits per heavy atom. The Morgan fingerprint density at radius 1 is 1.00 bits per heavy atom. The Kier molecular flexibility index (Phi) is 9.95. The van der Waals surface area contributed by atoms with Crippen molar-refractivity contribution in [1.82, 2.24) is 26.1 Å². The van der Waals surface area contributed by atoms with E-state index < -0.39 is 42.1 Å². The summed E-state index contributed by atoms with van der Waals surface area (Å²) in [5.41, 5.74) is 4.63. The number of hydrazine groups is 1. The van der Waals surface area contributed by atoms with Gasteiger partial charge in [-0.2, -0.15) is 0 Å². The van der Waals surface area contributed by atoms with Crippen molar-refractivity contribution in [1.29, 1.82) is 0 Å². The minimum absolute atomic E-state index is 0.219. The van der Waals surface area contributed by atoms with E-state index in [1.54, 1.807) is 46.0 Å². The number of aromatic nitrogens is 1. The topological polar surface area (TPSA) is 139 Å². The molecule has 11 nitrogen and oxygen atoms in total. The summed E-state index contributed by atoms with van der Waals surface area (Å²) in [7, 11) is 1.50. The van der Waals surface area contributed by atoms with Gasteiger partial charge in [0.15, 0.2) is 6.10 Å². The zero-order valence-electron chi connectivity index (χ0n) is 25.0. The lowest BCUT2D eigenvalue weighted by Crippen LogP contribution is -2.61. The molecule has 5 bridgehead atoms. The number of pyridine rings is 1. The van der Waals surface area contributed by atoms with E-state index >= 15 is 0 Å². The highest BCUT2D eigenvalue weighted by molar-refractivity contribution is 5.91. The van der Waals surface area contributed by atoms with Crippen LogP contribution in [0.15, 0.2) is 36.5 Å². The zero-order valence-corrected chi connectivity index (χ0v) is 25.0. The van der Waals surface area contributed by atoms with Gasteiger partial charge in [-0.3, -0.25) is 29.2 Å². The van der Waals surface area contributed by atoms with Gasteiger partial charge < -0.3 is 20.1 Å². The molecule has 4 rings (SSSR count). The highest BCUT2D eigenvalue weighted by atomic mass is 16.6. The molecule has 3 amide bonds. The minimum Gasteiger partial charge on any atom is -0.452 e. The molecular formula is C31H41N5O6. The number of benzene rings is 1. The first-order valence-corrected chi connectivity index (χ1v) is 14.5. The van der Waals surface area contributed by atoms with E-state index in [1.165, 1.54) is 12.1 Å². The maximum Gasteiger partial charge on any atom is 0.312 e. The zero-order chi connectivity index (χ0) is 30.6. The second-order valence-corrected chi connectivity index (χ2v) is 11.4. The fraction of sp³-hybridized carbons (Fsp3) is 0.516. The van der Waals surface area contributed by atoms with Gasteiger partial charge in [0.2, 0.25) is 5.91 Å². The molecule has 0 saturated carbocycles. The maximum absolute atomic E-state index is 13.2. The molecule has 42 heavy (non-hydrogen) atoms. The fourth-order valence-corrected chi connectivity index (χ4v) is 5.16. The molecule has 3 N–H and O–H groups in total. The highest BCUT2D eigenvalue weighted by Crippen LogP contribution is 2.23. The summed E-state index contributed by atoms with van der Waals surface area (Å²) in [6.07, 6.45) is 4.73. The molecule has 0 spiro atoms. The second-order valence-electron chi connectivity index (χ2n) is 11.4. The van der Waals surface area contributed by atoms with Crippen LogP contribution in [0.2, 0.25) is 0 Å². The van der Waals surface area contributed by atoms with Crippen LogP contribution in [0.4, 0.5) is 0 Å². The Bertz CT molecular complexity index is 1360. The van der Waals surface area contributed by atoms with Gasteiger partial charge in [0.05, 0.1) is 23.8 Å². The van der Waals surface area contributed by atoms with Gasteiger partial charge >= 0.3 is 5.97 Å². The summed E-state index contributed by atoms with van der Waals surface area (Å²) >= 11 is 0. The van der Waals surface area contributed by atoms with E-state index in [0.29, 0.717) is 25.1 Å². The smallest absolute Gasteiger partial charge is 0.312 e.